The van der Waals surface area contributed by atoms with Gasteiger partial charge in [-0.2, -0.15) is 4.99 Å². The summed E-state index contributed by atoms with van der Waals surface area (Å²) in [6.07, 6.45) is 8.71. The van der Waals surface area contributed by atoms with Gasteiger partial charge in [0.1, 0.15) is 5.66 Å². The Balaban J connectivity index is 1.85. The standard InChI is InChI=1S/C21H30N6O/c1-15(28)16-8-9-17(26-12-6-3-7-13-26)18(14-16)27-20(23)24-19(22)25-21(27)10-4-2-5-11-21/h8-9,14H,2-7,10-13H2,1H3,(H4,22,23,24,25). The Kier molecular flexibility index (Phi) is 5.00. The van der Waals surface area contributed by atoms with E-state index >= 15 is 0 Å². The highest BCUT2D eigenvalue weighted by molar-refractivity contribution is 6.08. The van der Waals surface area contributed by atoms with Crippen molar-refractivity contribution in [2.24, 2.45) is 21.5 Å². The van der Waals surface area contributed by atoms with Crippen molar-refractivity contribution in [3.05, 3.63) is 23.8 Å². The average Bonchev–Trinajstić information content (AvgIpc) is 2.68. The second kappa shape index (κ2) is 7.45. The molecular formula is C21H30N6O. The normalized spacial score (nSPS) is 22.0. The zero-order chi connectivity index (χ0) is 19.7. The molecule has 4 rings (SSSR count). The molecule has 1 aliphatic carbocycles. The lowest BCUT2D eigenvalue weighted by molar-refractivity contribution is 0.101. The molecule has 2 heterocycles. The van der Waals surface area contributed by atoms with Gasteiger partial charge in [-0.25, -0.2) is 4.99 Å². The number of aliphatic imine (C=N–C) groups is 2. The van der Waals surface area contributed by atoms with Crippen molar-refractivity contribution in [1.29, 1.82) is 0 Å². The number of anilines is 2. The number of hydrogen-bond acceptors (Lipinski definition) is 7. The summed E-state index contributed by atoms with van der Waals surface area (Å²) in [4.78, 5) is 25.7. The summed E-state index contributed by atoms with van der Waals surface area (Å²) in [6.45, 7) is 3.62. The Morgan fingerprint density at radius 2 is 1.68 bits per heavy atom. The number of carbonyl (C=O) groups is 1. The van der Waals surface area contributed by atoms with Crippen LogP contribution in [0.5, 0.6) is 0 Å². The van der Waals surface area contributed by atoms with Crippen LogP contribution in [0.4, 0.5) is 11.4 Å². The van der Waals surface area contributed by atoms with E-state index < -0.39 is 5.66 Å². The van der Waals surface area contributed by atoms with Crippen molar-refractivity contribution in [2.75, 3.05) is 22.9 Å². The highest BCUT2D eigenvalue weighted by Crippen LogP contribution is 2.43. The third kappa shape index (κ3) is 3.34. The molecule has 1 aromatic rings. The van der Waals surface area contributed by atoms with Crippen LogP contribution < -0.4 is 21.3 Å². The summed E-state index contributed by atoms with van der Waals surface area (Å²) < 4.78 is 0. The van der Waals surface area contributed by atoms with Crippen LogP contribution in [-0.4, -0.2) is 36.5 Å². The molecule has 150 valence electrons. The van der Waals surface area contributed by atoms with Gasteiger partial charge in [0.15, 0.2) is 5.78 Å². The average molecular weight is 383 g/mol. The molecule has 2 aliphatic heterocycles. The number of carbonyl (C=O) groups excluding carboxylic acids is 1. The van der Waals surface area contributed by atoms with Crippen molar-refractivity contribution < 1.29 is 4.79 Å². The smallest absolute Gasteiger partial charge is 0.220 e. The number of hydrogen-bond donors (Lipinski definition) is 2. The Bertz CT molecular complexity index is 818. The van der Waals surface area contributed by atoms with E-state index in [1.165, 1.54) is 25.7 Å². The number of piperidine rings is 1. The fourth-order valence-electron chi connectivity index (χ4n) is 4.79. The van der Waals surface area contributed by atoms with Crippen LogP contribution in [0.3, 0.4) is 0 Å². The second-order valence-electron chi connectivity index (χ2n) is 8.13. The maximum atomic E-state index is 12.1. The Labute approximate surface area is 166 Å². The minimum atomic E-state index is -0.506. The molecule has 0 bridgehead atoms. The molecule has 7 heteroatoms. The number of Topliss-reactive ketones (excluding diaryl/α,β-unsaturated/α-hetero) is 1. The summed E-state index contributed by atoms with van der Waals surface area (Å²) in [5, 5.41) is 0. The molecule has 0 atom stereocenters. The SMILES string of the molecule is CC(=O)c1ccc(N2CCCCC2)c(N2C(N)=NC(N)=NC23CCCCC3)c1. The van der Waals surface area contributed by atoms with Crippen molar-refractivity contribution in [3.8, 4) is 0 Å². The molecule has 1 saturated carbocycles. The van der Waals surface area contributed by atoms with Gasteiger partial charge in [0.05, 0.1) is 11.4 Å². The van der Waals surface area contributed by atoms with Crippen LogP contribution in [0.1, 0.15) is 68.6 Å². The van der Waals surface area contributed by atoms with Gasteiger partial charge < -0.3 is 16.4 Å². The zero-order valence-electron chi connectivity index (χ0n) is 16.7. The molecule has 0 aromatic heterocycles. The van der Waals surface area contributed by atoms with E-state index in [0.717, 1.165) is 50.1 Å². The molecule has 0 unspecified atom stereocenters. The lowest BCUT2D eigenvalue weighted by atomic mass is 9.87. The summed E-state index contributed by atoms with van der Waals surface area (Å²) in [5.74, 6) is 0.658. The molecule has 1 aromatic carbocycles. The second-order valence-corrected chi connectivity index (χ2v) is 8.13. The van der Waals surface area contributed by atoms with Crippen LogP contribution in [0.2, 0.25) is 0 Å². The topological polar surface area (TPSA) is 100 Å². The van der Waals surface area contributed by atoms with E-state index in [0.29, 0.717) is 11.5 Å². The third-order valence-electron chi connectivity index (χ3n) is 6.17. The number of benzene rings is 1. The first-order chi connectivity index (χ1) is 13.5. The highest BCUT2D eigenvalue weighted by Gasteiger charge is 2.43. The quantitative estimate of drug-likeness (QED) is 0.783. The first kappa shape index (κ1) is 18.8. The van der Waals surface area contributed by atoms with Crippen LogP contribution in [-0.2, 0) is 0 Å². The first-order valence-electron chi connectivity index (χ1n) is 10.4. The fraction of sp³-hybridized carbons (Fsp3) is 0.571. The van der Waals surface area contributed by atoms with Gasteiger partial charge >= 0.3 is 0 Å². The summed E-state index contributed by atoms with van der Waals surface area (Å²) in [7, 11) is 0. The molecule has 7 nitrogen and oxygen atoms in total. The van der Waals surface area contributed by atoms with Gasteiger partial charge in [-0.15, -0.1) is 0 Å². The van der Waals surface area contributed by atoms with Crippen molar-refractivity contribution in [3.63, 3.8) is 0 Å². The van der Waals surface area contributed by atoms with Crippen LogP contribution in [0.25, 0.3) is 0 Å². The lowest BCUT2D eigenvalue weighted by Crippen LogP contribution is -2.58. The fourth-order valence-corrected chi connectivity index (χ4v) is 4.79. The molecular weight excluding hydrogens is 352 g/mol. The van der Waals surface area contributed by atoms with Crippen LogP contribution in [0.15, 0.2) is 28.2 Å². The van der Waals surface area contributed by atoms with Crippen molar-refractivity contribution >= 4 is 29.1 Å². The predicted octanol–water partition coefficient (Wildman–Crippen LogP) is 2.99. The highest BCUT2D eigenvalue weighted by atomic mass is 16.1. The van der Waals surface area contributed by atoms with E-state index in [4.69, 9.17) is 16.5 Å². The van der Waals surface area contributed by atoms with Gasteiger partial charge in [-0.05, 0) is 70.1 Å². The van der Waals surface area contributed by atoms with Crippen LogP contribution in [0, 0.1) is 0 Å². The van der Waals surface area contributed by atoms with E-state index in [1.807, 2.05) is 12.1 Å². The number of ketones is 1. The molecule has 0 amide bonds. The maximum absolute atomic E-state index is 12.1. The van der Waals surface area contributed by atoms with E-state index in [2.05, 4.69) is 20.9 Å². The Hall–Kier alpha value is -2.57. The molecule has 1 spiro atoms. The van der Waals surface area contributed by atoms with Crippen LogP contribution >= 0.6 is 0 Å². The van der Waals surface area contributed by atoms with Gasteiger partial charge in [-0.1, -0.05) is 6.42 Å². The minimum absolute atomic E-state index is 0.0414. The lowest BCUT2D eigenvalue weighted by Gasteiger charge is -2.47. The number of rotatable bonds is 3. The Morgan fingerprint density at radius 3 is 2.36 bits per heavy atom. The molecule has 2 fully saturated rings. The van der Waals surface area contributed by atoms with Gasteiger partial charge in [-0.3, -0.25) is 9.69 Å². The molecule has 3 aliphatic rings. The summed E-state index contributed by atoms with van der Waals surface area (Å²) in [6, 6.07) is 5.93. The molecule has 28 heavy (non-hydrogen) atoms. The monoisotopic (exact) mass is 382 g/mol. The zero-order valence-corrected chi connectivity index (χ0v) is 16.7. The molecule has 1 saturated heterocycles. The van der Waals surface area contributed by atoms with E-state index in [-0.39, 0.29) is 11.7 Å². The molecule has 4 N–H and O–H groups in total. The molecule has 0 radical (unpaired) electrons. The van der Waals surface area contributed by atoms with E-state index in [1.54, 1.807) is 6.92 Å². The largest absolute Gasteiger partial charge is 0.370 e. The maximum Gasteiger partial charge on any atom is 0.220 e. The van der Waals surface area contributed by atoms with Crippen molar-refractivity contribution in [1.82, 2.24) is 0 Å². The van der Waals surface area contributed by atoms with Gasteiger partial charge in [0.25, 0.3) is 0 Å². The summed E-state index contributed by atoms with van der Waals surface area (Å²) >= 11 is 0. The van der Waals surface area contributed by atoms with E-state index in [9.17, 15) is 4.79 Å². The number of guanidine groups is 2. The number of nitrogens with zero attached hydrogens (tertiary/aromatic N) is 4. The number of nitrogens with two attached hydrogens (primary N) is 2. The predicted molar refractivity (Wildman–Crippen MR) is 114 cm³/mol. The Morgan fingerprint density at radius 1 is 1.00 bits per heavy atom. The third-order valence-corrected chi connectivity index (χ3v) is 6.17. The van der Waals surface area contributed by atoms with Gasteiger partial charge in [0.2, 0.25) is 11.9 Å². The van der Waals surface area contributed by atoms with Gasteiger partial charge in [0, 0.05) is 18.7 Å². The first-order valence-corrected chi connectivity index (χ1v) is 10.4. The summed E-state index contributed by atoms with van der Waals surface area (Å²) in [5.41, 5.74) is 14.7. The minimum Gasteiger partial charge on any atom is -0.370 e. The van der Waals surface area contributed by atoms with Crippen molar-refractivity contribution in [2.45, 2.75) is 64.0 Å².